The fourth-order valence-corrected chi connectivity index (χ4v) is 4.15. The molecule has 0 unspecified atom stereocenters. The van der Waals surface area contributed by atoms with Crippen molar-refractivity contribution in [3.05, 3.63) is 54.2 Å². The zero-order valence-corrected chi connectivity index (χ0v) is 14.6. The van der Waals surface area contributed by atoms with Gasteiger partial charge in [0.15, 0.2) is 0 Å². The van der Waals surface area contributed by atoms with Gasteiger partial charge in [-0.25, -0.2) is 4.39 Å². The molecule has 2 aromatic rings. The summed E-state index contributed by atoms with van der Waals surface area (Å²) in [6.07, 6.45) is 6.10. The van der Waals surface area contributed by atoms with E-state index in [9.17, 15) is 4.39 Å². The molecule has 5 heteroatoms. The Morgan fingerprint density at radius 1 is 1.04 bits per heavy atom. The van der Waals surface area contributed by atoms with Crippen molar-refractivity contribution >= 4 is 5.69 Å². The summed E-state index contributed by atoms with van der Waals surface area (Å²) in [5.74, 6) is -0.111. The van der Waals surface area contributed by atoms with Crippen LogP contribution >= 0.6 is 0 Å². The van der Waals surface area contributed by atoms with Gasteiger partial charge in [0, 0.05) is 50.9 Å². The van der Waals surface area contributed by atoms with E-state index in [1.165, 1.54) is 18.4 Å². The topological polar surface area (TPSA) is 22.9 Å². The van der Waals surface area contributed by atoms with E-state index in [4.69, 9.17) is 4.42 Å². The Balaban J connectivity index is 1.32. The second-order valence-electron chi connectivity index (χ2n) is 7.14. The summed E-state index contributed by atoms with van der Waals surface area (Å²) in [5.41, 5.74) is 2.00. The van der Waals surface area contributed by atoms with Gasteiger partial charge < -0.3 is 9.32 Å². The van der Waals surface area contributed by atoms with Gasteiger partial charge in [-0.1, -0.05) is 12.1 Å². The molecule has 25 heavy (non-hydrogen) atoms. The highest BCUT2D eigenvalue weighted by molar-refractivity contribution is 5.48. The molecule has 2 fully saturated rings. The first-order valence-electron chi connectivity index (χ1n) is 9.26. The Labute approximate surface area is 148 Å². The molecular weight excluding hydrogens is 317 g/mol. The number of benzene rings is 1. The molecular formula is C20H26FN3O. The number of piperidine rings is 1. The number of piperazine rings is 1. The monoisotopic (exact) mass is 343 g/mol. The highest BCUT2D eigenvalue weighted by Crippen LogP contribution is 2.23. The van der Waals surface area contributed by atoms with E-state index in [1.807, 2.05) is 18.4 Å². The lowest BCUT2D eigenvalue weighted by atomic mass is 10.0. The molecule has 4 nitrogen and oxygen atoms in total. The molecule has 1 aromatic carbocycles. The molecule has 4 rings (SSSR count). The van der Waals surface area contributed by atoms with Gasteiger partial charge in [0.05, 0.1) is 18.2 Å². The van der Waals surface area contributed by atoms with Gasteiger partial charge >= 0.3 is 0 Å². The minimum absolute atomic E-state index is 0.111. The highest BCUT2D eigenvalue weighted by Gasteiger charge is 2.28. The van der Waals surface area contributed by atoms with E-state index in [-0.39, 0.29) is 5.82 Å². The fourth-order valence-electron chi connectivity index (χ4n) is 4.15. The van der Waals surface area contributed by atoms with Crippen molar-refractivity contribution < 1.29 is 8.81 Å². The Morgan fingerprint density at radius 3 is 2.64 bits per heavy atom. The fraction of sp³-hybridized carbons (Fsp3) is 0.500. The van der Waals surface area contributed by atoms with Crippen molar-refractivity contribution in [1.82, 2.24) is 9.80 Å². The maximum absolute atomic E-state index is 14.0. The second-order valence-corrected chi connectivity index (χ2v) is 7.14. The molecule has 2 aliphatic heterocycles. The predicted octanol–water partition coefficient (Wildman–Crippen LogP) is 3.21. The van der Waals surface area contributed by atoms with E-state index in [0.29, 0.717) is 6.04 Å². The number of hydrogen-bond donors (Lipinski definition) is 0. The summed E-state index contributed by atoms with van der Waals surface area (Å²) in [7, 11) is 0. The van der Waals surface area contributed by atoms with Crippen LogP contribution in [0.1, 0.15) is 18.4 Å². The third kappa shape index (κ3) is 3.88. The number of anilines is 1. The first-order valence-corrected chi connectivity index (χ1v) is 9.26. The van der Waals surface area contributed by atoms with Crippen molar-refractivity contribution in [3.63, 3.8) is 0 Å². The molecule has 134 valence electrons. The van der Waals surface area contributed by atoms with Gasteiger partial charge in [0.1, 0.15) is 5.82 Å². The van der Waals surface area contributed by atoms with Crippen molar-refractivity contribution in [2.24, 2.45) is 0 Å². The Hall–Kier alpha value is -1.85. The van der Waals surface area contributed by atoms with Gasteiger partial charge in [0.2, 0.25) is 0 Å². The maximum atomic E-state index is 14.0. The summed E-state index contributed by atoms with van der Waals surface area (Å²) in [6, 6.07) is 9.78. The molecule has 0 radical (unpaired) electrons. The van der Waals surface area contributed by atoms with Gasteiger partial charge in [-0.2, -0.15) is 0 Å². The summed E-state index contributed by atoms with van der Waals surface area (Å²) >= 11 is 0. The largest absolute Gasteiger partial charge is 0.472 e. The molecule has 0 N–H and O–H groups in total. The number of rotatable bonds is 4. The maximum Gasteiger partial charge on any atom is 0.146 e. The minimum Gasteiger partial charge on any atom is -0.472 e. The number of hydrogen-bond acceptors (Lipinski definition) is 4. The van der Waals surface area contributed by atoms with Gasteiger partial charge in [-0.3, -0.25) is 9.80 Å². The quantitative estimate of drug-likeness (QED) is 0.850. The smallest absolute Gasteiger partial charge is 0.146 e. The molecule has 2 aliphatic rings. The van der Waals surface area contributed by atoms with E-state index in [2.05, 4.69) is 20.8 Å². The Kier molecular flexibility index (Phi) is 5.04. The third-order valence-corrected chi connectivity index (χ3v) is 5.49. The minimum atomic E-state index is -0.111. The lowest BCUT2D eigenvalue weighted by Gasteiger charge is -2.44. The number of furan rings is 1. The molecule has 2 saturated heterocycles. The summed E-state index contributed by atoms with van der Waals surface area (Å²) in [6.45, 7) is 7.08. The highest BCUT2D eigenvalue weighted by atomic mass is 19.1. The number of nitrogens with zero attached hydrogens (tertiary/aromatic N) is 3. The third-order valence-electron chi connectivity index (χ3n) is 5.49. The number of halogens is 1. The van der Waals surface area contributed by atoms with Crippen LogP contribution in [0.15, 0.2) is 47.3 Å². The summed E-state index contributed by atoms with van der Waals surface area (Å²) in [4.78, 5) is 7.30. The van der Waals surface area contributed by atoms with E-state index >= 15 is 0 Å². The van der Waals surface area contributed by atoms with Gasteiger partial charge in [-0.05, 0) is 37.6 Å². The average Bonchev–Trinajstić information content (AvgIpc) is 3.16. The standard InChI is InChI=1S/C20H26FN3O/c21-19-5-1-2-6-20(19)24-11-9-23(10-12-24)18-4-3-8-22(15-18)14-17-7-13-25-16-17/h1-2,5-7,13,16,18H,3-4,8-12,14-15H2/t18-/m1/s1. The van der Waals surface area contributed by atoms with Crippen LogP contribution in [0, 0.1) is 5.82 Å². The number of likely N-dealkylation sites (tertiary alicyclic amines) is 1. The van der Waals surface area contributed by atoms with Gasteiger partial charge in [-0.15, -0.1) is 0 Å². The van der Waals surface area contributed by atoms with Crippen molar-refractivity contribution in [3.8, 4) is 0 Å². The molecule has 1 atom stereocenters. The SMILES string of the molecule is Fc1ccccc1N1CCN([C@@H]2CCCN(Cc3ccoc3)C2)CC1. The second kappa shape index (κ2) is 7.58. The van der Waals surface area contributed by atoms with Crippen molar-refractivity contribution in [2.45, 2.75) is 25.4 Å². The number of para-hydroxylation sites is 1. The normalized spacial score (nSPS) is 23.1. The van der Waals surface area contributed by atoms with Crippen LogP contribution in [-0.4, -0.2) is 55.1 Å². The van der Waals surface area contributed by atoms with Crippen LogP contribution in [0.3, 0.4) is 0 Å². The lowest BCUT2D eigenvalue weighted by Crippen LogP contribution is -2.55. The molecule has 1 aromatic heterocycles. The van der Waals surface area contributed by atoms with Gasteiger partial charge in [0.25, 0.3) is 0 Å². The van der Waals surface area contributed by atoms with E-state index in [0.717, 1.165) is 51.5 Å². The molecule has 0 spiro atoms. The van der Waals surface area contributed by atoms with E-state index < -0.39 is 0 Å². The molecule has 3 heterocycles. The van der Waals surface area contributed by atoms with Crippen LogP contribution < -0.4 is 4.90 Å². The summed E-state index contributed by atoms with van der Waals surface area (Å²) in [5, 5.41) is 0. The molecule has 0 saturated carbocycles. The Bertz CT molecular complexity index is 667. The zero-order chi connectivity index (χ0) is 17.1. The van der Waals surface area contributed by atoms with Crippen LogP contribution in [0.25, 0.3) is 0 Å². The average molecular weight is 343 g/mol. The molecule has 0 aliphatic carbocycles. The molecule has 0 bridgehead atoms. The van der Waals surface area contributed by atoms with Crippen molar-refractivity contribution in [2.75, 3.05) is 44.2 Å². The summed E-state index contributed by atoms with van der Waals surface area (Å²) < 4.78 is 19.2. The lowest BCUT2D eigenvalue weighted by molar-refractivity contribution is 0.0886. The zero-order valence-electron chi connectivity index (χ0n) is 14.6. The van der Waals surface area contributed by atoms with E-state index in [1.54, 1.807) is 18.4 Å². The first-order chi connectivity index (χ1) is 12.3. The Morgan fingerprint density at radius 2 is 1.88 bits per heavy atom. The van der Waals surface area contributed by atoms with Crippen LogP contribution in [-0.2, 0) is 6.54 Å². The van der Waals surface area contributed by atoms with Crippen molar-refractivity contribution in [1.29, 1.82) is 0 Å². The molecule has 0 amide bonds. The van der Waals surface area contributed by atoms with Crippen LogP contribution in [0.4, 0.5) is 10.1 Å². The first kappa shape index (κ1) is 16.6. The van der Waals surface area contributed by atoms with Crippen LogP contribution in [0.5, 0.6) is 0 Å². The van der Waals surface area contributed by atoms with Crippen LogP contribution in [0.2, 0.25) is 0 Å². The predicted molar refractivity (Wildman–Crippen MR) is 97.2 cm³/mol.